The van der Waals surface area contributed by atoms with Crippen molar-refractivity contribution in [1.82, 2.24) is 9.47 Å². The first-order valence-electron chi connectivity index (χ1n) is 11.4. The smallest absolute Gasteiger partial charge is 0.416 e. The molecule has 2 aromatic carbocycles. The molecule has 1 aliphatic heterocycles. The number of rotatable bonds is 4. The van der Waals surface area contributed by atoms with Gasteiger partial charge in [-0.05, 0) is 62.1 Å². The summed E-state index contributed by atoms with van der Waals surface area (Å²) in [5.74, 6) is -0.775. The molecule has 1 amide bonds. The normalized spacial score (nSPS) is 14.9. The van der Waals surface area contributed by atoms with Gasteiger partial charge in [0.1, 0.15) is 0 Å². The number of methoxy groups -OCH3 is 1. The van der Waals surface area contributed by atoms with Crippen LogP contribution in [0, 0.1) is 19.8 Å². The second kappa shape index (κ2) is 9.98. The lowest BCUT2D eigenvalue weighted by Gasteiger charge is -2.31. The Kier molecular flexibility index (Phi) is 7.30. The molecule has 0 bridgehead atoms. The highest BCUT2D eigenvalue weighted by atomic mass is 35.5. The van der Waals surface area contributed by atoms with Crippen LogP contribution in [-0.2, 0) is 22.3 Å². The van der Waals surface area contributed by atoms with Gasteiger partial charge >= 0.3 is 12.1 Å². The number of ether oxygens (including phenoxy) is 1. The molecule has 1 saturated heterocycles. The highest BCUT2D eigenvalue weighted by molar-refractivity contribution is 6.38. The maximum Gasteiger partial charge on any atom is 0.416 e. The topological polar surface area (TPSA) is 51.5 Å². The Morgan fingerprint density at radius 3 is 2.36 bits per heavy atom. The molecule has 1 aliphatic rings. The zero-order chi connectivity index (χ0) is 26.4. The molecule has 0 atom stereocenters. The van der Waals surface area contributed by atoms with Gasteiger partial charge in [0.25, 0.3) is 5.91 Å². The van der Waals surface area contributed by atoms with Gasteiger partial charge in [0.15, 0.2) is 0 Å². The summed E-state index contributed by atoms with van der Waals surface area (Å²) >= 11 is 13.2. The van der Waals surface area contributed by atoms with Gasteiger partial charge in [-0.15, -0.1) is 0 Å². The zero-order valence-corrected chi connectivity index (χ0v) is 21.5. The molecule has 1 aromatic heterocycles. The van der Waals surface area contributed by atoms with E-state index in [0.717, 1.165) is 12.1 Å². The SMILES string of the molecule is COC(=O)C1CCN(C(=O)c2ccc(Cl)c(Cn3cc(C)c4cc(C(F)(F)F)cc(C)c43)c2Cl)CC1. The van der Waals surface area contributed by atoms with Gasteiger partial charge in [0.05, 0.1) is 41.2 Å². The Balaban J connectivity index is 1.65. The molecule has 192 valence electrons. The molecule has 0 aliphatic carbocycles. The van der Waals surface area contributed by atoms with Crippen molar-refractivity contribution in [3.63, 3.8) is 0 Å². The number of benzene rings is 2. The number of piperidine rings is 1. The zero-order valence-electron chi connectivity index (χ0n) is 20.0. The summed E-state index contributed by atoms with van der Waals surface area (Å²) in [6, 6.07) is 5.45. The number of hydrogen-bond acceptors (Lipinski definition) is 3. The molecule has 0 radical (unpaired) electrons. The van der Waals surface area contributed by atoms with E-state index in [0.29, 0.717) is 58.5 Å². The van der Waals surface area contributed by atoms with Crippen molar-refractivity contribution in [2.45, 2.75) is 39.4 Å². The van der Waals surface area contributed by atoms with E-state index in [1.165, 1.54) is 7.11 Å². The molecular weight excluding hydrogens is 516 g/mol. The summed E-state index contributed by atoms with van der Waals surface area (Å²) in [6.07, 6.45) is -1.68. The van der Waals surface area contributed by atoms with E-state index in [4.69, 9.17) is 27.9 Å². The maximum absolute atomic E-state index is 13.3. The van der Waals surface area contributed by atoms with Gasteiger partial charge in [0.2, 0.25) is 0 Å². The first-order chi connectivity index (χ1) is 16.9. The summed E-state index contributed by atoms with van der Waals surface area (Å²) in [6.45, 7) is 4.36. The number of carbonyl (C=O) groups is 2. The Bertz CT molecular complexity index is 1340. The second-order valence-electron chi connectivity index (χ2n) is 9.10. The third-order valence-corrected chi connectivity index (χ3v) is 7.54. The number of hydrogen-bond donors (Lipinski definition) is 0. The highest BCUT2D eigenvalue weighted by Gasteiger charge is 2.32. The number of carbonyl (C=O) groups excluding carboxylic acids is 2. The molecule has 1 fully saturated rings. The van der Waals surface area contributed by atoms with Crippen molar-refractivity contribution < 1.29 is 27.5 Å². The third-order valence-electron chi connectivity index (χ3n) is 6.75. The van der Waals surface area contributed by atoms with Crippen LogP contribution in [-0.4, -0.2) is 41.5 Å². The van der Waals surface area contributed by atoms with Crippen molar-refractivity contribution >= 4 is 46.0 Å². The quantitative estimate of drug-likeness (QED) is 0.348. The minimum atomic E-state index is -4.44. The third kappa shape index (κ3) is 4.93. The summed E-state index contributed by atoms with van der Waals surface area (Å²) in [5.41, 5.74) is 1.90. The van der Waals surface area contributed by atoms with E-state index in [1.807, 2.05) is 4.57 Å². The van der Waals surface area contributed by atoms with Crippen LogP contribution in [0.1, 0.15) is 45.5 Å². The van der Waals surface area contributed by atoms with Gasteiger partial charge in [-0.25, -0.2) is 0 Å². The van der Waals surface area contributed by atoms with Crippen molar-refractivity contribution in [3.8, 4) is 0 Å². The summed E-state index contributed by atoms with van der Waals surface area (Å²) < 4.78 is 46.6. The molecule has 10 heteroatoms. The van der Waals surface area contributed by atoms with Gasteiger partial charge in [-0.3, -0.25) is 9.59 Å². The highest BCUT2D eigenvalue weighted by Crippen LogP contribution is 2.37. The molecule has 2 heterocycles. The lowest BCUT2D eigenvalue weighted by Crippen LogP contribution is -2.40. The van der Waals surface area contributed by atoms with Crippen LogP contribution in [0.4, 0.5) is 13.2 Å². The Morgan fingerprint density at radius 2 is 1.75 bits per heavy atom. The van der Waals surface area contributed by atoms with Crippen molar-refractivity contribution in [1.29, 1.82) is 0 Å². The largest absolute Gasteiger partial charge is 0.469 e. The Hall–Kier alpha value is -2.71. The number of alkyl halides is 3. The molecule has 0 N–H and O–H groups in total. The van der Waals surface area contributed by atoms with Crippen LogP contribution >= 0.6 is 23.2 Å². The first-order valence-corrected chi connectivity index (χ1v) is 12.2. The Labute approximate surface area is 216 Å². The van der Waals surface area contributed by atoms with Gasteiger partial charge in [-0.1, -0.05) is 23.2 Å². The van der Waals surface area contributed by atoms with E-state index in [2.05, 4.69) is 0 Å². The van der Waals surface area contributed by atoms with Crippen LogP contribution in [0.3, 0.4) is 0 Å². The Morgan fingerprint density at radius 1 is 1.08 bits per heavy atom. The van der Waals surface area contributed by atoms with Crippen LogP contribution in [0.5, 0.6) is 0 Å². The number of esters is 1. The van der Waals surface area contributed by atoms with Crippen molar-refractivity contribution in [2.75, 3.05) is 20.2 Å². The number of fused-ring (bicyclic) bond motifs is 1. The maximum atomic E-state index is 13.3. The van der Waals surface area contributed by atoms with E-state index in [1.54, 1.807) is 37.1 Å². The van der Waals surface area contributed by atoms with Crippen molar-refractivity contribution in [3.05, 3.63) is 68.3 Å². The summed E-state index contributed by atoms with van der Waals surface area (Å²) in [7, 11) is 1.35. The average Bonchev–Trinajstić information content (AvgIpc) is 3.16. The predicted octanol–water partition coefficient (Wildman–Crippen LogP) is 6.66. The van der Waals surface area contributed by atoms with E-state index < -0.39 is 11.7 Å². The molecule has 36 heavy (non-hydrogen) atoms. The molecule has 5 nitrogen and oxygen atoms in total. The number of likely N-dealkylation sites (tertiary alicyclic amines) is 1. The fourth-order valence-corrected chi connectivity index (χ4v) is 5.42. The lowest BCUT2D eigenvalue weighted by atomic mass is 9.96. The number of aromatic nitrogens is 1. The minimum Gasteiger partial charge on any atom is -0.469 e. The second-order valence-corrected chi connectivity index (χ2v) is 9.89. The number of nitrogens with zero attached hydrogens (tertiary/aromatic N) is 2. The summed E-state index contributed by atoms with van der Waals surface area (Å²) in [4.78, 5) is 26.7. The number of amides is 1. The van der Waals surface area contributed by atoms with Gasteiger partial charge < -0.3 is 14.2 Å². The van der Waals surface area contributed by atoms with Crippen LogP contribution in [0.25, 0.3) is 10.9 Å². The van der Waals surface area contributed by atoms with E-state index in [-0.39, 0.29) is 34.9 Å². The fourth-order valence-electron chi connectivity index (χ4n) is 4.85. The fraction of sp³-hybridized carbons (Fsp3) is 0.385. The lowest BCUT2D eigenvalue weighted by molar-refractivity contribution is -0.146. The molecule has 3 aromatic rings. The minimum absolute atomic E-state index is 0.180. The van der Waals surface area contributed by atoms with Crippen LogP contribution in [0.15, 0.2) is 30.5 Å². The molecular formula is C26H25Cl2F3N2O3. The predicted molar refractivity (Wildman–Crippen MR) is 133 cm³/mol. The van der Waals surface area contributed by atoms with Gasteiger partial charge in [0, 0.05) is 35.3 Å². The molecule has 0 unspecified atom stereocenters. The molecule has 0 spiro atoms. The number of aryl methyl sites for hydroxylation is 2. The monoisotopic (exact) mass is 540 g/mol. The molecule has 0 saturated carbocycles. The first kappa shape index (κ1) is 26.4. The van der Waals surface area contributed by atoms with E-state index >= 15 is 0 Å². The standard InChI is InChI=1S/C26H25Cl2F3N2O3/c1-14-10-17(26(29,30)31)11-19-15(2)12-33(23(14)19)13-20-21(27)5-4-18(22(20)28)24(34)32-8-6-16(7-9-32)25(35)36-3/h4-5,10-12,16H,6-9,13H2,1-3H3. The molecule has 4 rings (SSSR count). The number of halogens is 5. The van der Waals surface area contributed by atoms with E-state index in [9.17, 15) is 22.8 Å². The summed E-state index contributed by atoms with van der Waals surface area (Å²) in [5, 5.41) is 1.05. The van der Waals surface area contributed by atoms with Crippen LogP contribution in [0.2, 0.25) is 10.0 Å². The average molecular weight is 541 g/mol. The van der Waals surface area contributed by atoms with Gasteiger partial charge in [-0.2, -0.15) is 13.2 Å². The van der Waals surface area contributed by atoms with Crippen LogP contribution < -0.4 is 0 Å². The van der Waals surface area contributed by atoms with Crippen molar-refractivity contribution in [2.24, 2.45) is 5.92 Å².